The average molecular weight is 291 g/mol. The molecular weight excluding hydrogens is 274 g/mol. The van der Waals surface area contributed by atoms with Gasteiger partial charge in [-0.15, -0.1) is 11.3 Å². The van der Waals surface area contributed by atoms with Crippen LogP contribution in [0.15, 0.2) is 46.2 Å². The second-order valence-corrected chi connectivity index (χ2v) is 8.08. The Morgan fingerprint density at radius 2 is 2.00 bits per heavy atom. The number of rotatable bonds is 3. The first kappa shape index (κ1) is 14.3. The lowest BCUT2D eigenvalue weighted by atomic mass is 10.1. The second-order valence-electron chi connectivity index (χ2n) is 5.20. The molecule has 2 rings (SSSR count). The van der Waals surface area contributed by atoms with E-state index in [0.717, 1.165) is 5.56 Å². The highest BCUT2D eigenvalue weighted by molar-refractivity contribution is 7.91. The van der Waals surface area contributed by atoms with E-state index in [-0.39, 0.29) is 4.75 Å². The number of benzene rings is 1. The van der Waals surface area contributed by atoms with Gasteiger partial charge in [0, 0.05) is 4.88 Å². The standard InChI is InChI=1S/C15H17NOS2/c1-15(2,3)19(17)16-11-12-6-4-7-13(10-12)14-8-5-9-18-14/h4-11H,1-3H3. The van der Waals surface area contributed by atoms with E-state index >= 15 is 0 Å². The molecule has 2 aromatic rings. The summed E-state index contributed by atoms with van der Waals surface area (Å²) in [5.41, 5.74) is 2.14. The van der Waals surface area contributed by atoms with Crippen LogP contribution in [0.4, 0.5) is 0 Å². The van der Waals surface area contributed by atoms with Gasteiger partial charge in [-0.1, -0.05) is 28.7 Å². The number of hydrogen-bond donors (Lipinski definition) is 0. The topological polar surface area (TPSA) is 35.4 Å². The summed E-state index contributed by atoms with van der Waals surface area (Å²) in [6, 6.07) is 12.2. The minimum absolute atomic E-state index is 0.318. The van der Waals surface area contributed by atoms with E-state index in [1.165, 1.54) is 10.4 Å². The molecule has 1 aromatic carbocycles. The Hall–Kier alpha value is -1.10. The zero-order chi connectivity index (χ0) is 13.9. The fourth-order valence-corrected chi connectivity index (χ4v) is 2.74. The molecule has 1 atom stereocenters. The van der Waals surface area contributed by atoms with Crippen molar-refractivity contribution in [1.82, 2.24) is 0 Å². The fourth-order valence-electron chi connectivity index (χ4n) is 1.48. The Bertz CT molecular complexity index is 556. The molecule has 0 fully saturated rings. The molecule has 0 aliphatic rings. The van der Waals surface area contributed by atoms with Crippen LogP contribution in [-0.4, -0.2) is 15.5 Å². The Labute approximate surface area is 121 Å². The van der Waals surface area contributed by atoms with Crippen molar-refractivity contribution in [3.05, 3.63) is 47.3 Å². The highest BCUT2D eigenvalue weighted by atomic mass is 32.2. The van der Waals surface area contributed by atoms with Gasteiger partial charge >= 0.3 is 0 Å². The molecule has 19 heavy (non-hydrogen) atoms. The van der Waals surface area contributed by atoms with Crippen molar-refractivity contribution >= 4 is 28.9 Å². The van der Waals surface area contributed by atoms with Crippen molar-refractivity contribution in [3.8, 4) is 10.4 Å². The van der Waals surface area contributed by atoms with E-state index in [1.807, 2.05) is 39.0 Å². The van der Waals surface area contributed by atoms with E-state index in [4.69, 9.17) is 0 Å². The molecule has 0 bridgehead atoms. The van der Waals surface area contributed by atoms with Gasteiger partial charge in [-0.25, -0.2) is 0 Å². The van der Waals surface area contributed by atoms with Gasteiger partial charge in [-0.3, -0.25) is 0 Å². The average Bonchev–Trinajstić information content (AvgIpc) is 2.89. The number of nitrogens with zero attached hydrogens (tertiary/aromatic N) is 1. The quantitative estimate of drug-likeness (QED) is 0.613. The van der Waals surface area contributed by atoms with Crippen molar-refractivity contribution in [2.75, 3.05) is 0 Å². The van der Waals surface area contributed by atoms with E-state index < -0.39 is 11.4 Å². The summed E-state index contributed by atoms with van der Waals surface area (Å²) in [5, 5.41) is 2.06. The molecule has 1 heterocycles. The Morgan fingerprint density at radius 1 is 1.21 bits per heavy atom. The maximum Gasteiger partial charge on any atom is 0.144 e. The van der Waals surface area contributed by atoms with Crippen molar-refractivity contribution in [3.63, 3.8) is 0 Å². The van der Waals surface area contributed by atoms with Gasteiger partial charge in [0.1, 0.15) is 16.1 Å². The van der Waals surface area contributed by atoms with Crippen LogP contribution in [0.5, 0.6) is 0 Å². The zero-order valence-electron chi connectivity index (χ0n) is 11.3. The van der Waals surface area contributed by atoms with Crippen molar-refractivity contribution in [1.29, 1.82) is 0 Å². The van der Waals surface area contributed by atoms with E-state index in [2.05, 4.69) is 28.0 Å². The van der Waals surface area contributed by atoms with Crippen LogP contribution < -0.4 is 0 Å². The minimum atomic E-state index is -1.21. The summed E-state index contributed by atoms with van der Waals surface area (Å²) in [6.45, 7) is 5.76. The summed E-state index contributed by atoms with van der Waals surface area (Å²) >= 11 is 0.500. The first-order valence-electron chi connectivity index (χ1n) is 6.07. The lowest BCUT2D eigenvalue weighted by Gasteiger charge is -2.17. The number of thiophene rings is 1. The molecule has 0 spiro atoms. The Kier molecular flexibility index (Phi) is 4.45. The molecule has 1 aromatic heterocycles. The lowest BCUT2D eigenvalue weighted by Crippen LogP contribution is -2.25. The molecule has 100 valence electrons. The van der Waals surface area contributed by atoms with Gasteiger partial charge in [0.15, 0.2) is 0 Å². The molecule has 0 saturated heterocycles. The minimum Gasteiger partial charge on any atom is -0.591 e. The molecule has 0 N–H and O–H groups in total. The number of hydrogen-bond acceptors (Lipinski definition) is 3. The van der Waals surface area contributed by atoms with Gasteiger partial charge in [-0.2, -0.15) is 0 Å². The summed E-state index contributed by atoms with van der Waals surface area (Å²) in [7, 11) is 0. The monoisotopic (exact) mass is 291 g/mol. The van der Waals surface area contributed by atoms with Gasteiger partial charge in [0.05, 0.1) is 6.21 Å². The van der Waals surface area contributed by atoms with Gasteiger partial charge in [-0.05, 0) is 49.4 Å². The van der Waals surface area contributed by atoms with Crippen molar-refractivity contribution in [2.24, 2.45) is 4.40 Å². The van der Waals surface area contributed by atoms with E-state index in [0.29, 0.717) is 0 Å². The lowest BCUT2D eigenvalue weighted by molar-refractivity contribution is 0.562. The molecular formula is C15H17NOS2. The maximum atomic E-state index is 11.9. The fraction of sp³-hybridized carbons (Fsp3) is 0.267. The van der Waals surface area contributed by atoms with Crippen LogP contribution in [0.3, 0.4) is 0 Å². The second kappa shape index (κ2) is 5.90. The summed E-state index contributed by atoms with van der Waals surface area (Å²) in [5.74, 6) is 0. The zero-order valence-corrected chi connectivity index (χ0v) is 12.9. The van der Waals surface area contributed by atoms with Crippen molar-refractivity contribution < 1.29 is 4.55 Å². The Balaban J connectivity index is 2.18. The van der Waals surface area contributed by atoms with Gasteiger partial charge < -0.3 is 4.55 Å². The predicted octanol–water partition coefficient (Wildman–Crippen LogP) is 4.30. The first-order chi connectivity index (χ1) is 8.97. The third-order valence-corrected chi connectivity index (χ3v) is 4.78. The first-order valence-corrected chi connectivity index (χ1v) is 8.05. The predicted molar refractivity (Wildman–Crippen MR) is 85.2 cm³/mol. The molecule has 0 aliphatic heterocycles. The summed E-state index contributed by atoms with van der Waals surface area (Å²) in [4.78, 5) is 1.23. The van der Waals surface area contributed by atoms with Crippen LogP contribution in [0.25, 0.3) is 10.4 Å². The SMILES string of the molecule is CC(C)(C)[S+]([O-])N=Cc1cccc(-c2cccs2)c1. The van der Waals surface area contributed by atoms with Crippen LogP contribution in [0, 0.1) is 0 Å². The molecule has 4 heteroatoms. The van der Waals surface area contributed by atoms with E-state index in [9.17, 15) is 4.55 Å². The largest absolute Gasteiger partial charge is 0.591 e. The highest BCUT2D eigenvalue weighted by Crippen LogP contribution is 2.25. The highest BCUT2D eigenvalue weighted by Gasteiger charge is 2.25. The molecule has 0 saturated carbocycles. The van der Waals surface area contributed by atoms with Crippen molar-refractivity contribution in [2.45, 2.75) is 25.5 Å². The van der Waals surface area contributed by atoms with Crippen LogP contribution in [0.2, 0.25) is 0 Å². The normalized spacial score (nSPS) is 13.9. The van der Waals surface area contributed by atoms with Crippen LogP contribution >= 0.6 is 11.3 Å². The smallest absolute Gasteiger partial charge is 0.144 e. The third kappa shape index (κ3) is 3.93. The van der Waals surface area contributed by atoms with E-state index in [1.54, 1.807) is 17.6 Å². The Morgan fingerprint density at radius 3 is 2.63 bits per heavy atom. The molecule has 0 amide bonds. The summed E-state index contributed by atoms with van der Waals surface area (Å²) < 4.78 is 15.7. The molecule has 0 aliphatic carbocycles. The summed E-state index contributed by atoms with van der Waals surface area (Å²) in [6.07, 6.45) is 1.69. The van der Waals surface area contributed by atoms with Crippen LogP contribution in [-0.2, 0) is 11.4 Å². The molecule has 2 nitrogen and oxygen atoms in total. The van der Waals surface area contributed by atoms with Gasteiger partial charge in [0.2, 0.25) is 0 Å². The van der Waals surface area contributed by atoms with Gasteiger partial charge in [0.25, 0.3) is 0 Å². The van der Waals surface area contributed by atoms with Crippen LogP contribution in [0.1, 0.15) is 26.3 Å². The maximum absolute atomic E-state index is 11.9. The molecule has 0 radical (unpaired) electrons. The molecule has 1 unspecified atom stereocenters. The third-order valence-electron chi connectivity index (χ3n) is 2.51.